The normalized spacial score (nSPS) is 14.1. The van der Waals surface area contributed by atoms with E-state index in [0.29, 0.717) is 41.4 Å². The van der Waals surface area contributed by atoms with Gasteiger partial charge >= 0.3 is 0 Å². The number of fused-ring (bicyclic) bond motifs is 3. The lowest BCUT2D eigenvalue weighted by Crippen LogP contribution is -2.17. The smallest absolute Gasteiger partial charge is 0.247 e. The first-order valence-electron chi connectivity index (χ1n) is 11.6. The lowest BCUT2D eigenvalue weighted by molar-refractivity contribution is 0.223. The Morgan fingerprint density at radius 3 is 2.57 bits per heavy atom. The molecule has 0 bridgehead atoms. The molecule has 0 spiro atoms. The second kappa shape index (κ2) is 10.7. The zero-order chi connectivity index (χ0) is 24.0. The van der Waals surface area contributed by atoms with Crippen molar-refractivity contribution in [3.8, 4) is 28.6 Å². The Hall–Kier alpha value is -3.78. The van der Waals surface area contributed by atoms with Crippen molar-refractivity contribution in [1.29, 1.82) is 0 Å². The Labute approximate surface area is 208 Å². The van der Waals surface area contributed by atoms with Crippen LogP contribution in [0.3, 0.4) is 0 Å². The molecule has 0 unspecified atom stereocenters. The third kappa shape index (κ3) is 5.17. The van der Waals surface area contributed by atoms with Crippen molar-refractivity contribution in [2.45, 2.75) is 31.8 Å². The van der Waals surface area contributed by atoms with E-state index < -0.39 is 6.23 Å². The summed E-state index contributed by atoms with van der Waals surface area (Å²) in [5, 5.41) is 12.8. The van der Waals surface area contributed by atoms with E-state index in [9.17, 15) is 0 Å². The van der Waals surface area contributed by atoms with Crippen molar-refractivity contribution < 1.29 is 14.2 Å². The van der Waals surface area contributed by atoms with Crippen LogP contribution in [0.2, 0.25) is 0 Å². The molecule has 1 aliphatic heterocycles. The zero-order valence-corrected chi connectivity index (χ0v) is 20.4. The molecule has 178 valence electrons. The standard InChI is InChI=1S/C27H26N4O3S/c1-3-32-23-16-19(14-15-22(23)33-17-18-10-6-5-7-11-18)25-28-21-13-9-8-12-20(21)24-26(34-25)29-27(31-30-24)35-4-2/h5-16,25,28H,3-4,17H2,1-2H3/t25-/m0/s1. The summed E-state index contributed by atoms with van der Waals surface area (Å²) in [5.41, 5.74) is 4.38. The van der Waals surface area contributed by atoms with Crippen LogP contribution < -0.4 is 19.5 Å². The number of para-hydroxylation sites is 1. The molecule has 0 fully saturated rings. The Bertz CT molecular complexity index is 1300. The van der Waals surface area contributed by atoms with E-state index in [4.69, 9.17) is 14.2 Å². The molecule has 1 aromatic heterocycles. The molecule has 4 aromatic rings. The average Bonchev–Trinajstić information content (AvgIpc) is 3.05. The highest BCUT2D eigenvalue weighted by atomic mass is 32.2. The van der Waals surface area contributed by atoms with Gasteiger partial charge in [-0.15, -0.1) is 10.2 Å². The molecule has 5 rings (SSSR count). The van der Waals surface area contributed by atoms with Crippen LogP contribution in [0.5, 0.6) is 17.4 Å². The predicted molar refractivity (Wildman–Crippen MR) is 137 cm³/mol. The van der Waals surface area contributed by atoms with E-state index in [2.05, 4.69) is 27.4 Å². The molecule has 0 saturated heterocycles. The number of hydrogen-bond acceptors (Lipinski definition) is 8. The zero-order valence-electron chi connectivity index (χ0n) is 19.6. The summed E-state index contributed by atoms with van der Waals surface area (Å²) in [6.45, 7) is 4.98. The fourth-order valence-electron chi connectivity index (χ4n) is 3.80. The molecule has 1 aliphatic rings. The van der Waals surface area contributed by atoms with E-state index >= 15 is 0 Å². The first-order valence-corrected chi connectivity index (χ1v) is 12.6. The Morgan fingerprint density at radius 1 is 0.914 bits per heavy atom. The minimum absolute atomic E-state index is 0.445. The van der Waals surface area contributed by atoms with Gasteiger partial charge in [0.15, 0.2) is 23.4 Å². The van der Waals surface area contributed by atoms with Crippen LogP contribution in [-0.4, -0.2) is 27.5 Å². The van der Waals surface area contributed by atoms with Crippen LogP contribution >= 0.6 is 11.8 Å². The molecule has 1 atom stereocenters. The summed E-state index contributed by atoms with van der Waals surface area (Å²) in [6, 6.07) is 23.8. The number of thioether (sulfide) groups is 1. The minimum atomic E-state index is -0.504. The molecule has 7 nitrogen and oxygen atoms in total. The summed E-state index contributed by atoms with van der Waals surface area (Å²) in [6.07, 6.45) is -0.504. The fourth-order valence-corrected chi connectivity index (χ4v) is 4.30. The minimum Gasteiger partial charge on any atom is -0.490 e. The molecule has 0 saturated carbocycles. The van der Waals surface area contributed by atoms with Crippen molar-refractivity contribution in [2.24, 2.45) is 0 Å². The van der Waals surface area contributed by atoms with E-state index in [1.807, 2.05) is 79.7 Å². The first kappa shape index (κ1) is 23.0. The van der Waals surface area contributed by atoms with E-state index in [1.54, 1.807) is 0 Å². The lowest BCUT2D eigenvalue weighted by Gasteiger charge is -2.21. The number of nitrogens with one attached hydrogen (secondary N) is 1. The van der Waals surface area contributed by atoms with Gasteiger partial charge in [0.25, 0.3) is 0 Å². The van der Waals surface area contributed by atoms with E-state index in [0.717, 1.165) is 28.1 Å². The van der Waals surface area contributed by atoms with Crippen molar-refractivity contribution >= 4 is 17.4 Å². The van der Waals surface area contributed by atoms with Gasteiger partial charge in [0.1, 0.15) is 6.61 Å². The van der Waals surface area contributed by atoms with Crippen LogP contribution in [0.15, 0.2) is 78.0 Å². The van der Waals surface area contributed by atoms with Gasteiger partial charge in [-0.3, -0.25) is 0 Å². The SMILES string of the molecule is CCOc1cc([C@H]2Nc3ccccc3-c3nnc(SCC)nc3O2)ccc1OCc1ccccc1. The van der Waals surface area contributed by atoms with Crippen molar-refractivity contribution in [3.05, 3.63) is 83.9 Å². The fraction of sp³-hybridized carbons (Fsp3) is 0.222. The van der Waals surface area contributed by atoms with Gasteiger partial charge in [0.05, 0.1) is 6.61 Å². The van der Waals surface area contributed by atoms with Crippen LogP contribution in [0.25, 0.3) is 11.3 Å². The summed E-state index contributed by atoms with van der Waals surface area (Å²) in [5.74, 6) is 2.63. The monoisotopic (exact) mass is 486 g/mol. The maximum absolute atomic E-state index is 6.38. The van der Waals surface area contributed by atoms with Crippen molar-refractivity contribution in [2.75, 3.05) is 17.7 Å². The van der Waals surface area contributed by atoms with Crippen molar-refractivity contribution in [1.82, 2.24) is 15.2 Å². The second-order valence-electron chi connectivity index (χ2n) is 7.78. The van der Waals surface area contributed by atoms with Gasteiger partial charge in [-0.1, -0.05) is 67.2 Å². The average molecular weight is 487 g/mol. The van der Waals surface area contributed by atoms with Gasteiger partial charge in [-0.25, -0.2) is 0 Å². The Morgan fingerprint density at radius 2 is 1.74 bits per heavy atom. The van der Waals surface area contributed by atoms with Gasteiger partial charge in [0, 0.05) is 16.8 Å². The number of hydrogen-bond donors (Lipinski definition) is 1. The summed E-state index contributed by atoms with van der Waals surface area (Å²) in [7, 11) is 0. The van der Waals surface area contributed by atoms with Gasteiger partial charge in [0.2, 0.25) is 11.0 Å². The maximum atomic E-state index is 6.38. The quantitative estimate of drug-likeness (QED) is 0.298. The maximum Gasteiger partial charge on any atom is 0.247 e. The Kier molecular flexibility index (Phi) is 6.99. The molecule has 0 radical (unpaired) electrons. The number of aromatic nitrogens is 3. The third-order valence-corrected chi connectivity index (χ3v) is 6.13. The lowest BCUT2D eigenvalue weighted by atomic mass is 10.1. The molecule has 0 aliphatic carbocycles. The van der Waals surface area contributed by atoms with Crippen molar-refractivity contribution in [3.63, 3.8) is 0 Å². The summed E-state index contributed by atoms with van der Waals surface area (Å²) < 4.78 is 18.4. The molecular formula is C27H26N4O3S. The van der Waals surface area contributed by atoms with E-state index in [-0.39, 0.29) is 0 Å². The van der Waals surface area contributed by atoms with Gasteiger partial charge < -0.3 is 19.5 Å². The molecule has 0 amide bonds. The third-order valence-electron chi connectivity index (χ3n) is 5.41. The predicted octanol–water partition coefficient (Wildman–Crippen LogP) is 6.13. The summed E-state index contributed by atoms with van der Waals surface area (Å²) >= 11 is 1.53. The van der Waals surface area contributed by atoms with Crippen LogP contribution in [-0.2, 0) is 6.61 Å². The largest absolute Gasteiger partial charge is 0.490 e. The second-order valence-corrected chi connectivity index (χ2v) is 9.01. The first-order chi connectivity index (χ1) is 17.2. The highest BCUT2D eigenvalue weighted by Crippen LogP contribution is 2.41. The highest BCUT2D eigenvalue weighted by molar-refractivity contribution is 7.99. The summed E-state index contributed by atoms with van der Waals surface area (Å²) in [4.78, 5) is 4.65. The molecule has 3 aromatic carbocycles. The molecule has 1 N–H and O–H groups in total. The van der Waals surface area contributed by atoms with E-state index in [1.165, 1.54) is 11.8 Å². The van der Waals surface area contributed by atoms with Gasteiger partial charge in [-0.05, 0) is 42.5 Å². The number of rotatable bonds is 8. The Balaban J connectivity index is 1.47. The number of benzene rings is 3. The molecule has 35 heavy (non-hydrogen) atoms. The number of ether oxygens (including phenoxy) is 3. The molecule has 8 heteroatoms. The number of nitrogens with zero attached hydrogens (tertiary/aromatic N) is 3. The molecular weight excluding hydrogens is 460 g/mol. The van der Waals surface area contributed by atoms with Crippen LogP contribution in [0, 0.1) is 0 Å². The van der Waals surface area contributed by atoms with Crippen LogP contribution in [0.4, 0.5) is 5.69 Å². The topological polar surface area (TPSA) is 78.4 Å². The molecule has 2 heterocycles. The van der Waals surface area contributed by atoms with Crippen LogP contribution in [0.1, 0.15) is 31.2 Å². The highest BCUT2D eigenvalue weighted by Gasteiger charge is 2.26. The van der Waals surface area contributed by atoms with Gasteiger partial charge in [-0.2, -0.15) is 4.98 Å². The number of anilines is 1.